The minimum absolute atomic E-state index is 0.00884. The standard InChI is InChI=1S/C44H37ClF6N8O6S2/c1-20(2)67(64,65)33-8-6-5-7-25(33)22-9-10-26-30(16-22)53-42(59(43(26)61)32-12-11-29(45)36-38(32)57(3)55-41(36)56-66(4,62)63)31(15-21-13-23(46)17-24(47)14-21)52-34(60)19-58-39-35(37(54-58)40(48)49)27-18-28(27)44(39,50)51/h5-14,16-17,20,27-28,31,40H,15,18-19H2,1-4H3,(H,52,60)(H,55,56)/t27-,28+,31-/m0/s1. The van der Waals surface area contributed by atoms with Gasteiger partial charge in [0.25, 0.3) is 17.9 Å². The molecule has 9 rings (SSSR count). The van der Waals surface area contributed by atoms with Gasteiger partial charge in [-0.15, -0.1) is 0 Å². The van der Waals surface area contributed by atoms with Crippen LogP contribution in [0.15, 0.2) is 82.5 Å². The largest absolute Gasteiger partial charge is 0.344 e. The van der Waals surface area contributed by atoms with Crippen molar-refractivity contribution in [2.45, 2.75) is 67.7 Å². The number of halogens is 7. The number of amides is 1. The summed E-state index contributed by atoms with van der Waals surface area (Å²) in [6.07, 6.45) is -2.92. The average molecular weight is 987 g/mol. The Bertz CT molecular complexity index is 3510. The summed E-state index contributed by atoms with van der Waals surface area (Å²) in [7, 11) is -6.40. The summed E-state index contributed by atoms with van der Waals surface area (Å²) in [4.78, 5) is 34.3. The lowest BCUT2D eigenvalue weighted by atomic mass is 10.0. The lowest BCUT2D eigenvalue weighted by Gasteiger charge is -2.24. The predicted octanol–water partition coefficient (Wildman–Crippen LogP) is 7.87. The third kappa shape index (κ3) is 8.00. The Morgan fingerprint density at radius 1 is 0.970 bits per heavy atom. The maximum Gasteiger partial charge on any atom is 0.293 e. The maximum absolute atomic E-state index is 15.6. The zero-order valence-electron chi connectivity index (χ0n) is 35.5. The van der Waals surface area contributed by atoms with Crippen molar-refractivity contribution < 1.29 is 48.0 Å². The van der Waals surface area contributed by atoms with Gasteiger partial charge in [-0.05, 0) is 79.8 Å². The van der Waals surface area contributed by atoms with Gasteiger partial charge < -0.3 is 5.32 Å². The highest BCUT2D eigenvalue weighted by molar-refractivity contribution is 7.92. The van der Waals surface area contributed by atoms with E-state index in [4.69, 9.17) is 16.6 Å². The van der Waals surface area contributed by atoms with Crippen LogP contribution in [0.4, 0.5) is 32.2 Å². The molecule has 0 saturated heterocycles. The first-order chi connectivity index (χ1) is 31.5. The van der Waals surface area contributed by atoms with Gasteiger partial charge in [-0.25, -0.2) is 39.4 Å². The van der Waals surface area contributed by atoms with Gasteiger partial charge in [0.2, 0.25) is 15.9 Å². The molecule has 67 heavy (non-hydrogen) atoms. The minimum Gasteiger partial charge on any atom is -0.344 e. The van der Waals surface area contributed by atoms with Crippen molar-refractivity contribution in [2.75, 3.05) is 11.0 Å². The molecular weight excluding hydrogens is 950 g/mol. The molecule has 2 N–H and O–H groups in total. The average Bonchev–Trinajstić information content (AvgIpc) is 3.78. The topological polar surface area (TPSA) is 180 Å². The normalized spacial score (nSPS) is 17.0. The van der Waals surface area contributed by atoms with Crippen molar-refractivity contribution in [1.82, 2.24) is 34.4 Å². The summed E-state index contributed by atoms with van der Waals surface area (Å²) < 4.78 is 146. The van der Waals surface area contributed by atoms with Gasteiger partial charge in [-0.3, -0.25) is 28.2 Å². The van der Waals surface area contributed by atoms with Gasteiger partial charge in [0.05, 0.1) is 55.0 Å². The fraction of sp³-hybridized carbons (Fsp3) is 0.295. The number of nitrogens with zero attached hydrogens (tertiary/aromatic N) is 6. The number of nitrogens with one attached hydrogen (secondary N) is 2. The van der Waals surface area contributed by atoms with E-state index in [9.17, 15) is 39.2 Å². The summed E-state index contributed by atoms with van der Waals surface area (Å²) in [5, 5.41) is 9.81. The molecule has 0 radical (unpaired) electrons. The number of aryl methyl sites for hydroxylation is 1. The van der Waals surface area contributed by atoms with E-state index in [0.29, 0.717) is 16.3 Å². The van der Waals surface area contributed by atoms with Gasteiger partial charge in [0, 0.05) is 36.6 Å². The molecule has 3 heterocycles. The Labute approximate surface area is 382 Å². The fourth-order valence-corrected chi connectivity index (χ4v) is 11.0. The highest BCUT2D eigenvalue weighted by Crippen LogP contribution is 2.68. The van der Waals surface area contributed by atoms with Crippen molar-refractivity contribution >= 4 is 65.0 Å². The molecule has 14 nitrogen and oxygen atoms in total. The first kappa shape index (κ1) is 45.9. The third-order valence-corrected chi connectivity index (χ3v) is 15.0. The molecule has 2 aliphatic rings. The number of fused-ring (bicyclic) bond motifs is 5. The second kappa shape index (κ2) is 16.2. The van der Waals surface area contributed by atoms with E-state index in [1.807, 2.05) is 0 Å². The number of alkyl halides is 4. The van der Waals surface area contributed by atoms with Crippen LogP contribution >= 0.6 is 11.6 Å². The van der Waals surface area contributed by atoms with E-state index >= 15 is 13.6 Å². The smallest absolute Gasteiger partial charge is 0.293 e. The second-order valence-corrected chi connectivity index (χ2v) is 21.5. The van der Waals surface area contributed by atoms with Crippen LogP contribution in [0.5, 0.6) is 0 Å². The second-order valence-electron chi connectivity index (χ2n) is 16.8. The Balaban J connectivity index is 1.28. The van der Waals surface area contributed by atoms with Gasteiger partial charge in [-0.2, -0.15) is 19.0 Å². The Hall–Kier alpha value is -6.26. The molecule has 1 amide bonds. The van der Waals surface area contributed by atoms with Crippen LogP contribution in [0, 0.1) is 17.6 Å². The van der Waals surface area contributed by atoms with Gasteiger partial charge in [0.1, 0.15) is 35.4 Å². The molecule has 3 atom stereocenters. The summed E-state index contributed by atoms with van der Waals surface area (Å²) in [6.45, 7) is 2.00. The van der Waals surface area contributed by atoms with Gasteiger partial charge >= 0.3 is 0 Å². The summed E-state index contributed by atoms with van der Waals surface area (Å²) >= 11 is 6.65. The monoisotopic (exact) mass is 986 g/mol. The number of benzene rings is 4. The van der Waals surface area contributed by atoms with Crippen molar-refractivity contribution in [3.8, 4) is 16.8 Å². The number of rotatable bonds is 13. The van der Waals surface area contributed by atoms with Crippen LogP contribution < -0.4 is 15.6 Å². The first-order valence-corrected chi connectivity index (χ1v) is 24.3. The Morgan fingerprint density at radius 2 is 1.67 bits per heavy atom. The highest BCUT2D eigenvalue weighted by atomic mass is 35.5. The Kier molecular flexibility index (Phi) is 11.1. The highest BCUT2D eigenvalue weighted by Gasteiger charge is 2.67. The van der Waals surface area contributed by atoms with E-state index < -0.39 is 103 Å². The zero-order valence-corrected chi connectivity index (χ0v) is 37.9. The molecule has 0 bridgehead atoms. The molecule has 0 spiro atoms. The van der Waals surface area contributed by atoms with E-state index in [1.54, 1.807) is 18.2 Å². The Morgan fingerprint density at radius 3 is 2.34 bits per heavy atom. The molecule has 0 aliphatic heterocycles. The number of carbonyl (C=O) groups excluding carboxylic acids is 1. The number of aromatic nitrogens is 6. The van der Waals surface area contributed by atoms with E-state index in [0.717, 1.165) is 23.0 Å². The molecule has 2 aliphatic carbocycles. The van der Waals surface area contributed by atoms with Crippen molar-refractivity contribution in [2.24, 2.45) is 13.0 Å². The van der Waals surface area contributed by atoms with Crippen LogP contribution in [0.1, 0.15) is 67.0 Å². The number of hydrogen-bond donors (Lipinski definition) is 2. The summed E-state index contributed by atoms with van der Waals surface area (Å²) in [6, 6.07) is 14.1. The van der Waals surface area contributed by atoms with Crippen LogP contribution in [-0.4, -0.2) is 63.4 Å². The lowest BCUT2D eigenvalue weighted by molar-refractivity contribution is -0.123. The minimum atomic E-state index is -3.96. The molecule has 350 valence electrons. The SMILES string of the molecule is CC(C)S(=O)(=O)c1ccccc1-c1ccc2c(=O)n(-c3ccc(Cl)c4c(NS(C)(=O)=O)nn(C)c34)c([C@H](Cc3cc(F)cc(F)c3)NC(=O)Cn3nc(C(F)F)c4c3C(F)(F)[C@@H]3C[C@H]43)nc2c1. The molecule has 23 heteroatoms. The van der Waals surface area contributed by atoms with Crippen molar-refractivity contribution in [3.05, 3.63) is 128 Å². The molecule has 4 aromatic carbocycles. The molecule has 3 aromatic heterocycles. The van der Waals surface area contributed by atoms with Crippen LogP contribution in [0.3, 0.4) is 0 Å². The quantitative estimate of drug-likeness (QED) is 0.109. The van der Waals surface area contributed by atoms with E-state index in [2.05, 4.69) is 20.2 Å². The lowest BCUT2D eigenvalue weighted by Crippen LogP contribution is -2.38. The predicted molar refractivity (Wildman–Crippen MR) is 236 cm³/mol. The summed E-state index contributed by atoms with van der Waals surface area (Å²) in [5.74, 6) is -9.39. The first-order valence-electron chi connectivity index (χ1n) is 20.5. The molecule has 0 unspecified atom stereocenters. The summed E-state index contributed by atoms with van der Waals surface area (Å²) in [5.41, 5.74) is -2.42. The van der Waals surface area contributed by atoms with Crippen LogP contribution in [0.25, 0.3) is 38.6 Å². The van der Waals surface area contributed by atoms with E-state index in [1.165, 1.54) is 62.0 Å². The fourth-order valence-electron chi connectivity index (χ4n) is 8.95. The maximum atomic E-state index is 15.6. The molecule has 1 fully saturated rings. The third-order valence-electron chi connectivity index (χ3n) is 11.9. The molecule has 7 aromatic rings. The number of anilines is 1. The van der Waals surface area contributed by atoms with Gasteiger partial charge in [0.15, 0.2) is 15.7 Å². The zero-order chi connectivity index (χ0) is 48.2. The number of sulfone groups is 1. The van der Waals surface area contributed by atoms with Crippen molar-refractivity contribution in [1.29, 1.82) is 0 Å². The number of sulfonamides is 1. The van der Waals surface area contributed by atoms with Crippen molar-refractivity contribution in [3.63, 3.8) is 0 Å². The molecular formula is C44H37ClF6N8O6S2. The number of hydrogen-bond acceptors (Lipinski definition) is 9. The van der Waals surface area contributed by atoms with Gasteiger partial charge in [-0.1, -0.05) is 35.9 Å². The van der Waals surface area contributed by atoms with Crippen LogP contribution in [0.2, 0.25) is 5.02 Å². The molecule has 1 saturated carbocycles. The van der Waals surface area contributed by atoms with Crippen LogP contribution in [-0.2, 0) is 50.6 Å². The van der Waals surface area contributed by atoms with E-state index in [-0.39, 0.29) is 72.2 Å². The number of carbonyl (C=O) groups is 1.